The minimum Gasteiger partial charge on any atom is -0.451 e. The molecular formula is C18H24ClN3O3. The third kappa shape index (κ3) is 4.32. The van der Waals surface area contributed by atoms with Crippen LogP contribution in [0.2, 0.25) is 0 Å². The van der Waals surface area contributed by atoms with Crippen LogP contribution in [-0.2, 0) is 4.79 Å². The van der Waals surface area contributed by atoms with Gasteiger partial charge in [-0.3, -0.25) is 9.59 Å². The molecular weight excluding hydrogens is 342 g/mol. The normalized spacial score (nSPS) is 18.5. The van der Waals surface area contributed by atoms with Gasteiger partial charge in [0.25, 0.3) is 5.91 Å². The molecule has 7 heteroatoms. The van der Waals surface area contributed by atoms with Crippen LogP contribution in [0.1, 0.15) is 30.3 Å². The van der Waals surface area contributed by atoms with E-state index in [0.717, 1.165) is 24.8 Å². The fourth-order valence-electron chi connectivity index (χ4n) is 3.06. The van der Waals surface area contributed by atoms with Gasteiger partial charge in [-0.15, -0.1) is 12.4 Å². The van der Waals surface area contributed by atoms with E-state index in [-0.39, 0.29) is 36.2 Å². The van der Waals surface area contributed by atoms with E-state index in [1.807, 2.05) is 31.2 Å². The molecule has 0 saturated carbocycles. The number of carbonyl (C=O) groups excluding carboxylic acids is 2. The average molecular weight is 366 g/mol. The number of halogens is 1. The van der Waals surface area contributed by atoms with E-state index in [4.69, 9.17) is 10.2 Å². The molecule has 1 fully saturated rings. The molecule has 0 aliphatic carbocycles. The van der Waals surface area contributed by atoms with Crippen LogP contribution in [0.3, 0.4) is 0 Å². The van der Waals surface area contributed by atoms with Crippen LogP contribution in [0, 0.1) is 5.92 Å². The van der Waals surface area contributed by atoms with Crippen LogP contribution < -0.4 is 11.1 Å². The largest absolute Gasteiger partial charge is 0.451 e. The number of piperidine rings is 1. The number of furan rings is 1. The van der Waals surface area contributed by atoms with Gasteiger partial charge in [-0.25, -0.2) is 0 Å². The van der Waals surface area contributed by atoms with Gasteiger partial charge in [-0.1, -0.05) is 25.1 Å². The summed E-state index contributed by atoms with van der Waals surface area (Å²) in [4.78, 5) is 26.5. The van der Waals surface area contributed by atoms with Gasteiger partial charge in [0.2, 0.25) is 5.91 Å². The lowest BCUT2D eigenvalue weighted by Crippen LogP contribution is -2.51. The number of fused-ring (bicyclic) bond motifs is 1. The molecule has 1 aromatic heterocycles. The third-order valence-corrected chi connectivity index (χ3v) is 4.49. The molecule has 6 nitrogen and oxygen atoms in total. The van der Waals surface area contributed by atoms with Crippen LogP contribution >= 0.6 is 12.4 Å². The van der Waals surface area contributed by atoms with Crippen molar-refractivity contribution in [1.82, 2.24) is 10.2 Å². The first-order valence-electron chi connectivity index (χ1n) is 8.36. The topological polar surface area (TPSA) is 88.6 Å². The maximum atomic E-state index is 12.4. The highest BCUT2D eigenvalue weighted by molar-refractivity contribution is 5.96. The van der Waals surface area contributed by atoms with Gasteiger partial charge < -0.3 is 20.4 Å². The van der Waals surface area contributed by atoms with Gasteiger partial charge in [0, 0.05) is 37.0 Å². The second kappa shape index (κ2) is 8.36. The van der Waals surface area contributed by atoms with Crippen molar-refractivity contribution in [3.8, 4) is 0 Å². The number of para-hydroxylation sites is 1. The SMILES string of the molecule is CC(CN)C(=O)N1CCCC(NC(=O)c2cc3ccccc3o2)C1.Cl. The Morgan fingerprint density at radius 1 is 1.40 bits per heavy atom. The van der Waals surface area contributed by atoms with Crippen molar-refractivity contribution in [2.45, 2.75) is 25.8 Å². The highest BCUT2D eigenvalue weighted by Crippen LogP contribution is 2.19. The number of rotatable bonds is 4. The molecule has 1 aliphatic heterocycles. The van der Waals surface area contributed by atoms with E-state index >= 15 is 0 Å². The van der Waals surface area contributed by atoms with E-state index in [2.05, 4.69) is 5.32 Å². The van der Waals surface area contributed by atoms with Crippen molar-refractivity contribution in [1.29, 1.82) is 0 Å². The number of carbonyl (C=O) groups is 2. The van der Waals surface area contributed by atoms with Crippen LogP contribution in [-0.4, -0.2) is 42.4 Å². The Labute approximate surface area is 153 Å². The summed E-state index contributed by atoms with van der Waals surface area (Å²) in [5.41, 5.74) is 6.27. The molecule has 2 aromatic rings. The van der Waals surface area contributed by atoms with Gasteiger partial charge >= 0.3 is 0 Å². The van der Waals surface area contributed by atoms with Gasteiger partial charge in [-0.05, 0) is 25.0 Å². The molecule has 3 N–H and O–H groups in total. The highest BCUT2D eigenvalue weighted by Gasteiger charge is 2.27. The summed E-state index contributed by atoms with van der Waals surface area (Å²) in [5.74, 6) is -0.0673. The zero-order valence-electron chi connectivity index (χ0n) is 14.2. The Kier molecular flexibility index (Phi) is 6.45. The van der Waals surface area contributed by atoms with Gasteiger partial charge in [0.1, 0.15) is 5.58 Å². The Balaban J connectivity index is 0.00000225. The quantitative estimate of drug-likeness (QED) is 0.869. The lowest BCUT2D eigenvalue weighted by Gasteiger charge is -2.34. The molecule has 3 rings (SSSR count). The number of nitrogens with one attached hydrogen (secondary N) is 1. The van der Waals surface area contributed by atoms with E-state index in [1.165, 1.54) is 0 Å². The number of nitrogens with zero attached hydrogens (tertiary/aromatic N) is 1. The number of likely N-dealkylation sites (tertiary alicyclic amines) is 1. The molecule has 1 aromatic carbocycles. The van der Waals surface area contributed by atoms with Crippen LogP contribution in [0.4, 0.5) is 0 Å². The molecule has 0 radical (unpaired) electrons. The van der Waals surface area contributed by atoms with E-state index in [0.29, 0.717) is 24.4 Å². The van der Waals surface area contributed by atoms with Gasteiger partial charge in [0.05, 0.1) is 0 Å². The third-order valence-electron chi connectivity index (χ3n) is 4.49. The molecule has 1 aliphatic rings. The Bertz CT molecular complexity index is 713. The summed E-state index contributed by atoms with van der Waals surface area (Å²) in [6.45, 7) is 3.42. The summed E-state index contributed by atoms with van der Waals surface area (Å²) in [6.07, 6.45) is 1.72. The number of amides is 2. The smallest absolute Gasteiger partial charge is 0.287 e. The lowest BCUT2D eigenvalue weighted by atomic mass is 10.0. The van der Waals surface area contributed by atoms with Crippen molar-refractivity contribution in [3.63, 3.8) is 0 Å². The molecule has 0 bridgehead atoms. The number of nitrogens with two attached hydrogens (primary N) is 1. The number of benzene rings is 1. The molecule has 2 atom stereocenters. The first-order chi connectivity index (χ1) is 11.6. The summed E-state index contributed by atoms with van der Waals surface area (Å²) >= 11 is 0. The van der Waals surface area contributed by atoms with E-state index in [1.54, 1.807) is 11.0 Å². The fourth-order valence-corrected chi connectivity index (χ4v) is 3.06. The zero-order valence-corrected chi connectivity index (χ0v) is 15.1. The van der Waals surface area contributed by atoms with Gasteiger partial charge in [-0.2, -0.15) is 0 Å². The van der Waals surface area contributed by atoms with Crippen molar-refractivity contribution in [2.24, 2.45) is 11.7 Å². The predicted octanol–water partition coefficient (Wildman–Crippen LogP) is 2.17. The molecule has 2 unspecified atom stereocenters. The minimum atomic E-state index is -0.239. The summed E-state index contributed by atoms with van der Waals surface area (Å²) in [5, 5.41) is 3.88. The molecule has 2 heterocycles. The first-order valence-corrected chi connectivity index (χ1v) is 8.36. The first kappa shape index (κ1) is 19.3. The van der Waals surface area contributed by atoms with Crippen molar-refractivity contribution in [3.05, 3.63) is 36.1 Å². The summed E-state index contributed by atoms with van der Waals surface area (Å²) < 4.78 is 5.59. The number of hydrogen-bond acceptors (Lipinski definition) is 4. The monoisotopic (exact) mass is 365 g/mol. The zero-order chi connectivity index (χ0) is 17.1. The lowest BCUT2D eigenvalue weighted by molar-refractivity contribution is -0.136. The Morgan fingerprint density at radius 3 is 2.88 bits per heavy atom. The van der Waals surface area contributed by atoms with Crippen LogP contribution in [0.15, 0.2) is 34.7 Å². The van der Waals surface area contributed by atoms with E-state index in [9.17, 15) is 9.59 Å². The second-order valence-electron chi connectivity index (χ2n) is 6.38. The van der Waals surface area contributed by atoms with Crippen molar-refractivity contribution in [2.75, 3.05) is 19.6 Å². The fraction of sp³-hybridized carbons (Fsp3) is 0.444. The Morgan fingerprint density at radius 2 is 2.16 bits per heavy atom. The maximum Gasteiger partial charge on any atom is 0.287 e. The number of hydrogen-bond donors (Lipinski definition) is 2. The molecule has 2 amide bonds. The molecule has 136 valence electrons. The highest BCUT2D eigenvalue weighted by atomic mass is 35.5. The second-order valence-corrected chi connectivity index (χ2v) is 6.38. The summed E-state index contributed by atoms with van der Waals surface area (Å²) in [7, 11) is 0. The van der Waals surface area contributed by atoms with Crippen molar-refractivity contribution >= 4 is 35.2 Å². The standard InChI is InChI=1S/C18H23N3O3.ClH/c1-12(10-19)18(23)21-8-4-6-14(11-21)20-17(22)16-9-13-5-2-3-7-15(13)24-16;/h2-3,5,7,9,12,14H,4,6,8,10-11,19H2,1H3,(H,20,22);1H. The summed E-state index contributed by atoms with van der Waals surface area (Å²) in [6, 6.07) is 9.20. The average Bonchev–Trinajstić information content (AvgIpc) is 3.05. The molecule has 25 heavy (non-hydrogen) atoms. The Hall–Kier alpha value is -2.05. The molecule has 1 saturated heterocycles. The van der Waals surface area contributed by atoms with E-state index < -0.39 is 0 Å². The van der Waals surface area contributed by atoms with Crippen LogP contribution in [0.25, 0.3) is 11.0 Å². The van der Waals surface area contributed by atoms with Crippen LogP contribution in [0.5, 0.6) is 0 Å². The predicted molar refractivity (Wildman–Crippen MR) is 98.7 cm³/mol. The van der Waals surface area contributed by atoms with Crippen molar-refractivity contribution < 1.29 is 14.0 Å². The maximum absolute atomic E-state index is 12.4. The minimum absolute atomic E-state index is 0. The van der Waals surface area contributed by atoms with Gasteiger partial charge in [0.15, 0.2) is 5.76 Å². The molecule has 0 spiro atoms.